The number of benzene rings is 2. The van der Waals surface area contributed by atoms with Crippen LogP contribution in [-0.2, 0) is 4.74 Å². The van der Waals surface area contributed by atoms with E-state index < -0.39 is 0 Å². The van der Waals surface area contributed by atoms with Crippen molar-refractivity contribution in [2.75, 3.05) is 25.6 Å². The predicted molar refractivity (Wildman–Crippen MR) is 85.0 cm³/mol. The molecule has 21 heavy (non-hydrogen) atoms. The lowest BCUT2D eigenvalue weighted by molar-refractivity contribution is 0.145. The third kappa shape index (κ3) is 4.16. The fourth-order valence-corrected chi connectivity index (χ4v) is 3.06. The molecule has 0 bridgehead atoms. The molecular weight excluding hydrogens is 284 g/mol. The van der Waals surface area contributed by atoms with Crippen LogP contribution in [0.1, 0.15) is 11.0 Å². The molecule has 1 saturated heterocycles. The van der Waals surface area contributed by atoms with Gasteiger partial charge in [0.2, 0.25) is 0 Å². The van der Waals surface area contributed by atoms with Gasteiger partial charge in [-0.1, -0.05) is 30.3 Å². The minimum Gasteiger partial charge on any atom is -0.490 e. The average Bonchev–Trinajstić information content (AvgIpc) is 3.08. The summed E-state index contributed by atoms with van der Waals surface area (Å²) in [4.78, 5) is 0. The van der Waals surface area contributed by atoms with Crippen LogP contribution in [0.25, 0.3) is 0 Å². The molecule has 0 saturated carbocycles. The second-order valence-corrected chi connectivity index (χ2v) is 5.82. The third-order valence-electron chi connectivity index (χ3n) is 3.14. The van der Waals surface area contributed by atoms with E-state index in [0.29, 0.717) is 13.2 Å². The van der Waals surface area contributed by atoms with Gasteiger partial charge < -0.3 is 14.2 Å². The molecule has 0 N–H and O–H groups in total. The van der Waals surface area contributed by atoms with Gasteiger partial charge in [0.15, 0.2) is 0 Å². The SMILES string of the molecule is c1ccc(OCCOc2ccc(C3OCCS3)cc2)cc1. The van der Waals surface area contributed by atoms with Gasteiger partial charge in [0.1, 0.15) is 30.1 Å². The number of rotatable bonds is 6. The summed E-state index contributed by atoms with van der Waals surface area (Å²) < 4.78 is 16.9. The van der Waals surface area contributed by atoms with Crippen molar-refractivity contribution in [2.24, 2.45) is 0 Å². The van der Waals surface area contributed by atoms with Crippen molar-refractivity contribution in [3.05, 3.63) is 60.2 Å². The molecule has 1 atom stereocenters. The van der Waals surface area contributed by atoms with Gasteiger partial charge in [-0.05, 0) is 29.8 Å². The Kier molecular flexibility index (Phi) is 5.03. The van der Waals surface area contributed by atoms with Crippen LogP contribution in [0.4, 0.5) is 0 Å². The molecule has 110 valence electrons. The lowest BCUT2D eigenvalue weighted by Gasteiger charge is -2.11. The van der Waals surface area contributed by atoms with Gasteiger partial charge in [-0.15, -0.1) is 11.8 Å². The number of hydrogen-bond acceptors (Lipinski definition) is 4. The lowest BCUT2D eigenvalue weighted by Crippen LogP contribution is -2.08. The average molecular weight is 302 g/mol. The molecule has 4 heteroatoms. The molecule has 1 unspecified atom stereocenters. The molecule has 2 aromatic carbocycles. The van der Waals surface area contributed by atoms with Gasteiger partial charge in [-0.3, -0.25) is 0 Å². The summed E-state index contributed by atoms with van der Waals surface area (Å²) in [5.74, 6) is 2.80. The van der Waals surface area contributed by atoms with Crippen LogP contribution >= 0.6 is 11.8 Å². The van der Waals surface area contributed by atoms with Crippen LogP contribution in [0.5, 0.6) is 11.5 Å². The van der Waals surface area contributed by atoms with E-state index in [-0.39, 0.29) is 5.44 Å². The molecule has 1 heterocycles. The zero-order valence-corrected chi connectivity index (χ0v) is 12.6. The van der Waals surface area contributed by atoms with Crippen LogP contribution in [0, 0.1) is 0 Å². The summed E-state index contributed by atoms with van der Waals surface area (Å²) in [6, 6.07) is 17.9. The minimum absolute atomic E-state index is 0.181. The van der Waals surface area contributed by atoms with Gasteiger partial charge >= 0.3 is 0 Å². The van der Waals surface area contributed by atoms with E-state index in [0.717, 1.165) is 23.9 Å². The summed E-state index contributed by atoms with van der Waals surface area (Å²) in [6.07, 6.45) is 0. The van der Waals surface area contributed by atoms with Crippen LogP contribution in [-0.4, -0.2) is 25.6 Å². The summed E-state index contributed by atoms with van der Waals surface area (Å²) in [7, 11) is 0. The van der Waals surface area contributed by atoms with Crippen molar-refractivity contribution in [1.82, 2.24) is 0 Å². The molecule has 1 aliphatic heterocycles. The Morgan fingerprint density at radius 1 is 0.905 bits per heavy atom. The first kappa shape index (κ1) is 14.3. The molecule has 3 nitrogen and oxygen atoms in total. The van der Waals surface area contributed by atoms with Crippen molar-refractivity contribution in [3.8, 4) is 11.5 Å². The van der Waals surface area contributed by atoms with Gasteiger partial charge in [0, 0.05) is 5.75 Å². The summed E-state index contributed by atoms with van der Waals surface area (Å²) in [6.45, 7) is 1.90. The first-order valence-electron chi connectivity index (χ1n) is 7.06. The number of ether oxygens (including phenoxy) is 3. The first-order chi connectivity index (χ1) is 10.4. The quantitative estimate of drug-likeness (QED) is 0.756. The van der Waals surface area contributed by atoms with E-state index in [1.54, 1.807) is 0 Å². The second kappa shape index (κ2) is 7.38. The van der Waals surface area contributed by atoms with Crippen molar-refractivity contribution in [1.29, 1.82) is 0 Å². The zero-order chi connectivity index (χ0) is 14.3. The normalized spacial score (nSPS) is 17.6. The number of hydrogen-bond donors (Lipinski definition) is 0. The lowest BCUT2D eigenvalue weighted by atomic mass is 10.2. The number of thioether (sulfide) groups is 1. The monoisotopic (exact) mass is 302 g/mol. The van der Waals surface area contributed by atoms with E-state index in [2.05, 4.69) is 12.1 Å². The van der Waals surface area contributed by atoms with Gasteiger partial charge in [-0.2, -0.15) is 0 Å². The predicted octanol–water partition coefficient (Wildman–Crippen LogP) is 3.91. The fourth-order valence-electron chi connectivity index (χ4n) is 2.11. The largest absolute Gasteiger partial charge is 0.490 e. The summed E-state index contributed by atoms with van der Waals surface area (Å²) in [5, 5.41) is 0. The Labute approximate surface area is 129 Å². The molecule has 2 aromatic rings. The summed E-state index contributed by atoms with van der Waals surface area (Å²) in [5.41, 5.74) is 1.38. The van der Waals surface area contributed by atoms with Gasteiger partial charge in [0.05, 0.1) is 6.61 Å². The van der Waals surface area contributed by atoms with Crippen molar-refractivity contribution >= 4 is 11.8 Å². The Bertz CT molecular complexity index is 536. The van der Waals surface area contributed by atoms with E-state index in [1.165, 1.54) is 5.56 Å². The van der Waals surface area contributed by atoms with Crippen molar-refractivity contribution in [2.45, 2.75) is 5.44 Å². The smallest absolute Gasteiger partial charge is 0.128 e. The molecule has 0 aromatic heterocycles. The highest BCUT2D eigenvalue weighted by Crippen LogP contribution is 2.35. The van der Waals surface area contributed by atoms with Crippen molar-refractivity contribution in [3.63, 3.8) is 0 Å². The highest BCUT2D eigenvalue weighted by molar-refractivity contribution is 7.99. The molecule has 0 amide bonds. The molecule has 0 spiro atoms. The fraction of sp³-hybridized carbons (Fsp3) is 0.294. The Morgan fingerprint density at radius 3 is 2.19 bits per heavy atom. The maximum atomic E-state index is 5.67. The Morgan fingerprint density at radius 2 is 1.57 bits per heavy atom. The molecular formula is C17H18O3S. The Hall–Kier alpha value is -1.65. The topological polar surface area (TPSA) is 27.7 Å². The van der Waals surface area contributed by atoms with E-state index in [9.17, 15) is 0 Å². The molecule has 0 aliphatic carbocycles. The summed E-state index contributed by atoms with van der Waals surface area (Å²) >= 11 is 1.84. The first-order valence-corrected chi connectivity index (χ1v) is 8.10. The van der Waals surface area contributed by atoms with Crippen molar-refractivity contribution < 1.29 is 14.2 Å². The highest BCUT2D eigenvalue weighted by atomic mass is 32.2. The van der Waals surface area contributed by atoms with Crippen LogP contribution in [0.15, 0.2) is 54.6 Å². The zero-order valence-electron chi connectivity index (χ0n) is 11.7. The second-order valence-electron chi connectivity index (χ2n) is 4.65. The third-order valence-corrected chi connectivity index (χ3v) is 4.25. The molecule has 1 fully saturated rings. The maximum Gasteiger partial charge on any atom is 0.128 e. The van der Waals surface area contributed by atoms with Crippen LogP contribution in [0.3, 0.4) is 0 Å². The highest BCUT2D eigenvalue weighted by Gasteiger charge is 2.17. The Balaban J connectivity index is 1.43. The standard InChI is InChI=1S/C17H18O3S/c1-2-4-15(5-3-1)18-10-11-19-16-8-6-14(7-9-16)17-20-12-13-21-17/h1-9,17H,10-13H2. The minimum atomic E-state index is 0.181. The maximum absolute atomic E-state index is 5.67. The van der Waals surface area contributed by atoms with E-state index in [1.807, 2.05) is 54.2 Å². The van der Waals surface area contributed by atoms with E-state index in [4.69, 9.17) is 14.2 Å². The molecule has 1 aliphatic rings. The van der Waals surface area contributed by atoms with Gasteiger partial charge in [-0.25, -0.2) is 0 Å². The molecule has 3 rings (SSSR count). The van der Waals surface area contributed by atoms with Crippen LogP contribution in [0.2, 0.25) is 0 Å². The van der Waals surface area contributed by atoms with Gasteiger partial charge in [0.25, 0.3) is 0 Å². The van der Waals surface area contributed by atoms with E-state index >= 15 is 0 Å². The molecule has 0 radical (unpaired) electrons. The van der Waals surface area contributed by atoms with Crippen LogP contribution < -0.4 is 9.47 Å². The number of para-hydroxylation sites is 1.